The Balaban J connectivity index is 1.84. The maximum absolute atomic E-state index is 12.3. The number of rotatable bonds is 5. The van der Waals surface area contributed by atoms with E-state index in [-0.39, 0.29) is 11.5 Å². The van der Waals surface area contributed by atoms with Crippen LogP contribution >= 0.6 is 0 Å². The molecule has 3 nitrogen and oxygen atoms in total. The van der Waals surface area contributed by atoms with Gasteiger partial charge in [-0.25, -0.2) is 0 Å². The van der Waals surface area contributed by atoms with Crippen molar-refractivity contribution in [3.05, 3.63) is 0 Å². The number of carbonyl (C=O) groups is 1. The van der Waals surface area contributed by atoms with Crippen LogP contribution in [-0.4, -0.2) is 24.5 Å². The highest BCUT2D eigenvalue weighted by molar-refractivity contribution is 5.81. The molecular weight excluding hydrogens is 238 g/mol. The summed E-state index contributed by atoms with van der Waals surface area (Å²) in [5, 5.41) is 0. The van der Waals surface area contributed by atoms with Gasteiger partial charge in [-0.05, 0) is 44.6 Å². The van der Waals surface area contributed by atoms with Gasteiger partial charge in [0.15, 0.2) is 0 Å². The van der Waals surface area contributed by atoms with Gasteiger partial charge in [-0.2, -0.15) is 0 Å². The van der Waals surface area contributed by atoms with Crippen LogP contribution in [0.5, 0.6) is 0 Å². The molecule has 1 heterocycles. The molecule has 0 radical (unpaired) electrons. The SMILES string of the molecule is CC(CN)CCC(=O)C1CCOC2(CCCCC2)C1. The summed E-state index contributed by atoms with van der Waals surface area (Å²) in [6.07, 6.45) is 9.75. The second kappa shape index (κ2) is 6.85. The van der Waals surface area contributed by atoms with E-state index in [4.69, 9.17) is 10.5 Å². The number of Topliss-reactive ketones (excluding diaryl/α,β-unsaturated/α-hetero) is 1. The highest BCUT2D eigenvalue weighted by Gasteiger charge is 2.40. The van der Waals surface area contributed by atoms with Gasteiger partial charge in [0.2, 0.25) is 0 Å². The predicted octanol–water partition coefficient (Wildman–Crippen LogP) is 3.06. The normalized spacial score (nSPS) is 28.2. The summed E-state index contributed by atoms with van der Waals surface area (Å²) in [6.45, 7) is 3.59. The molecule has 1 spiro atoms. The number of hydrogen-bond donors (Lipinski definition) is 1. The highest BCUT2D eigenvalue weighted by Crippen LogP contribution is 2.41. The fourth-order valence-corrected chi connectivity index (χ4v) is 3.56. The van der Waals surface area contributed by atoms with E-state index in [1.54, 1.807) is 0 Å². The summed E-state index contributed by atoms with van der Waals surface area (Å²) in [7, 11) is 0. The van der Waals surface area contributed by atoms with Gasteiger partial charge in [-0.3, -0.25) is 4.79 Å². The lowest BCUT2D eigenvalue weighted by Gasteiger charge is -2.43. The van der Waals surface area contributed by atoms with Gasteiger partial charge < -0.3 is 10.5 Å². The van der Waals surface area contributed by atoms with Crippen molar-refractivity contribution in [3.8, 4) is 0 Å². The Hall–Kier alpha value is -0.410. The Morgan fingerprint density at radius 3 is 2.79 bits per heavy atom. The molecule has 2 aliphatic rings. The highest BCUT2D eigenvalue weighted by atomic mass is 16.5. The number of carbonyl (C=O) groups excluding carboxylic acids is 1. The average Bonchev–Trinajstić information content (AvgIpc) is 2.45. The second-order valence-electron chi connectivity index (χ2n) is 6.63. The average molecular weight is 267 g/mol. The zero-order valence-electron chi connectivity index (χ0n) is 12.3. The van der Waals surface area contributed by atoms with E-state index in [1.165, 1.54) is 19.3 Å². The zero-order chi connectivity index (χ0) is 13.7. The van der Waals surface area contributed by atoms with Crippen LogP contribution in [0.3, 0.4) is 0 Å². The minimum atomic E-state index is 0.0519. The van der Waals surface area contributed by atoms with Gasteiger partial charge in [0.1, 0.15) is 5.78 Å². The number of nitrogens with two attached hydrogens (primary N) is 1. The maximum atomic E-state index is 12.3. The molecule has 2 unspecified atom stereocenters. The van der Waals surface area contributed by atoms with E-state index in [2.05, 4.69) is 6.92 Å². The standard InChI is InChI=1S/C16H29NO2/c1-13(12-17)5-6-15(18)14-7-10-19-16(11-14)8-3-2-4-9-16/h13-14H,2-12,17H2,1H3. The quantitative estimate of drug-likeness (QED) is 0.833. The van der Waals surface area contributed by atoms with E-state index < -0.39 is 0 Å². The van der Waals surface area contributed by atoms with Crippen LogP contribution in [0.2, 0.25) is 0 Å². The molecule has 0 aromatic heterocycles. The number of hydrogen-bond acceptors (Lipinski definition) is 3. The van der Waals surface area contributed by atoms with Gasteiger partial charge >= 0.3 is 0 Å². The first-order valence-electron chi connectivity index (χ1n) is 8.02. The van der Waals surface area contributed by atoms with E-state index in [0.717, 1.165) is 38.7 Å². The minimum absolute atomic E-state index is 0.0519. The van der Waals surface area contributed by atoms with Crippen molar-refractivity contribution in [2.75, 3.05) is 13.2 Å². The Bertz CT molecular complexity index is 292. The third-order valence-corrected chi connectivity index (χ3v) is 5.00. The molecule has 1 aliphatic carbocycles. The number of ketones is 1. The molecule has 1 saturated carbocycles. The third kappa shape index (κ3) is 4.03. The fourth-order valence-electron chi connectivity index (χ4n) is 3.56. The van der Waals surface area contributed by atoms with Gasteiger partial charge in [-0.15, -0.1) is 0 Å². The topological polar surface area (TPSA) is 52.3 Å². The predicted molar refractivity (Wildman–Crippen MR) is 77.0 cm³/mol. The Morgan fingerprint density at radius 2 is 2.11 bits per heavy atom. The molecule has 19 heavy (non-hydrogen) atoms. The van der Waals surface area contributed by atoms with Crippen LogP contribution in [0.25, 0.3) is 0 Å². The smallest absolute Gasteiger partial charge is 0.136 e. The lowest BCUT2D eigenvalue weighted by molar-refractivity contribution is -0.143. The molecule has 0 aromatic carbocycles. The Kier molecular flexibility index (Phi) is 5.40. The molecule has 1 aliphatic heterocycles. The summed E-state index contributed by atoms with van der Waals surface area (Å²) in [5.74, 6) is 1.16. The summed E-state index contributed by atoms with van der Waals surface area (Å²) in [5.41, 5.74) is 5.67. The minimum Gasteiger partial charge on any atom is -0.375 e. The van der Waals surface area contributed by atoms with Crippen molar-refractivity contribution in [1.29, 1.82) is 0 Å². The first kappa shape index (κ1) is 15.0. The van der Waals surface area contributed by atoms with Crippen LogP contribution in [0.15, 0.2) is 0 Å². The van der Waals surface area contributed by atoms with Crippen molar-refractivity contribution >= 4 is 5.78 Å². The Labute approximate surface area is 117 Å². The molecule has 2 atom stereocenters. The molecule has 0 amide bonds. The van der Waals surface area contributed by atoms with Crippen LogP contribution < -0.4 is 5.73 Å². The van der Waals surface area contributed by atoms with E-state index in [1.807, 2.05) is 0 Å². The van der Waals surface area contributed by atoms with Crippen molar-refractivity contribution in [1.82, 2.24) is 0 Å². The van der Waals surface area contributed by atoms with Crippen molar-refractivity contribution < 1.29 is 9.53 Å². The van der Waals surface area contributed by atoms with Gasteiger partial charge in [0, 0.05) is 18.9 Å². The molecule has 0 bridgehead atoms. The van der Waals surface area contributed by atoms with E-state index >= 15 is 0 Å². The van der Waals surface area contributed by atoms with Crippen LogP contribution in [0.4, 0.5) is 0 Å². The number of ether oxygens (including phenoxy) is 1. The Morgan fingerprint density at radius 1 is 1.37 bits per heavy atom. The van der Waals surface area contributed by atoms with Crippen molar-refractivity contribution in [2.45, 2.75) is 70.3 Å². The molecule has 0 aromatic rings. The summed E-state index contributed by atoms with van der Waals surface area (Å²) >= 11 is 0. The first-order chi connectivity index (χ1) is 9.15. The first-order valence-corrected chi connectivity index (χ1v) is 8.02. The van der Waals surface area contributed by atoms with E-state index in [0.29, 0.717) is 24.7 Å². The largest absolute Gasteiger partial charge is 0.375 e. The van der Waals surface area contributed by atoms with Crippen LogP contribution in [0, 0.1) is 11.8 Å². The fraction of sp³-hybridized carbons (Fsp3) is 0.938. The molecule has 2 rings (SSSR count). The summed E-state index contributed by atoms with van der Waals surface area (Å²) < 4.78 is 6.06. The molecular formula is C16H29NO2. The van der Waals surface area contributed by atoms with Gasteiger partial charge in [-0.1, -0.05) is 26.2 Å². The summed E-state index contributed by atoms with van der Waals surface area (Å²) in [4.78, 5) is 12.3. The molecule has 2 fully saturated rings. The summed E-state index contributed by atoms with van der Waals surface area (Å²) in [6, 6.07) is 0. The molecule has 1 saturated heterocycles. The van der Waals surface area contributed by atoms with E-state index in [9.17, 15) is 4.79 Å². The lowest BCUT2D eigenvalue weighted by atomic mass is 9.74. The molecule has 2 N–H and O–H groups in total. The molecule has 110 valence electrons. The molecule has 3 heteroatoms. The zero-order valence-corrected chi connectivity index (χ0v) is 12.3. The maximum Gasteiger partial charge on any atom is 0.136 e. The van der Waals surface area contributed by atoms with Crippen LogP contribution in [-0.2, 0) is 9.53 Å². The van der Waals surface area contributed by atoms with Gasteiger partial charge in [0.05, 0.1) is 5.60 Å². The van der Waals surface area contributed by atoms with Crippen molar-refractivity contribution in [3.63, 3.8) is 0 Å². The van der Waals surface area contributed by atoms with Gasteiger partial charge in [0.25, 0.3) is 0 Å². The lowest BCUT2D eigenvalue weighted by Crippen LogP contribution is -2.43. The van der Waals surface area contributed by atoms with Crippen LogP contribution in [0.1, 0.15) is 64.7 Å². The monoisotopic (exact) mass is 267 g/mol. The second-order valence-corrected chi connectivity index (χ2v) is 6.63. The van der Waals surface area contributed by atoms with Crippen molar-refractivity contribution in [2.24, 2.45) is 17.6 Å². The third-order valence-electron chi connectivity index (χ3n) is 5.00.